The van der Waals surface area contributed by atoms with Crippen molar-refractivity contribution in [2.75, 3.05) is 144 Å². The Morgan fingerprint density at radius 2 is 1.09 bits per heavy atom. The van der Waals surface area contributed by atoms with Crippen molar-refractivity contribution >= 4 is 41.1 Å². The molecule has 0 radical (unpaired) electrons. The lowest BCUT2D eigenvalue weighted by molar-refractivity contribution is -0.00244. The summed E-state index contributed by atoms with van der Waals surface area (Å²) in [6.07, 6.45) is 5.79. The minimum Gasteiger partial charge on any atom is -0.447 e. The van der Waals surface area contributed by atoms with E-state index in [9.17, 15) is 19.2 Å². The number of fused-ring (bicyclic) bond motifs is 2. The quantitative estimate of drug-likeness (QED) is 0.0362. The summed E-state index contributed by atoms with van der Waals surface area (Å²) in [5, 5.41) is 12.0. The van der Waals surface area contributed by atoms with Gasteiger partial charge in [-0.2, -0.15) is 0 Å². The topological polar surface area (TPSA) is 209 Å². The fraction of sp³-hybridized carbons (Fsp3) is 0.508. The maximum absolute atomic E-state index is 16.1. The van der Waals surface area contributed by atoms with Gasteiger partial charge < -0.3 is 78.6 Å². The van der Waals surface area contributed by atoms with Crippen LogP contribution in [-0.4, -0.2) is 178 Å². The minimum absolute atomic E-state index is 0.0376. The molecule has 0 atom stereocenters. The van der Waals surface area contributed by atoms with Crippen molar-refractivity contribution < 1.29 is 66.2 Å². The molecule has 0 bridgehead atoms. The second-order valence-electron chi connectivity index (χ2n) is 20.5. The van der Waals surface area contributed by atoms with Gasteiger partial charge in [-0.3, -0.25) is 0 Å². The highest BCUT2D eigenvalue weighted by Gasteiger charge is 2.30. The van der Waals surface area contributed by atoms with Crippen LogP contribution in [0.5, 0.6) is 0 Å². The van der Waals surface area contributed by atoms with Crippen molar-refractivity contribution in [2.24, 2.45) is 0 Å². The van der Waals surface area contributed by atoms with Crippen LogP contribution in [0.3, 0.4) is 0 Å². The van der Waals surface area contributed by atoms with Gasteiger partial charge in [0.2, 0.25) is 0 Å². The molecular weight excluding hydrogens is 1060 g/mol. The van der Waals surface area contributed by atoms with Gasteiger partial charge in [-0.1, -0.05) is 48.5 Å². The highest BCUT2D eigenvalue weighted by Crippen LogP contribution is 2.38. The average molecular weight is 1140 g/mol. The van der Waals surface area contributed by atoms with E-state index in [2.05, 4.69) is 27.3 Å². The van der Waals surface area contributed by atoms with E-state index in [0.29, 0.717) is 154 Å². The number of nitrogens with one attached hydrogen (secondary N) is 4. The normalized spacial score (nSPS) is 16.6. The summed E-state index contributed by atoms with van der Waals surface area (Å²) in [6, 6.07) is 24.1. The molecule has 7 amide bonds. The van der Waals surface area contributed by atoms with E-state index >= 15 is 4.39 Å². The number of hydrogen-bond acceptors (Lipinski definition) is 13. The first-order valence-corrected chi connectivity index (χ1v) is 28.5. The molecule has 3 aliphatic heterocycles. The van der Waals surface area contributed by atoms with Gasteiger partial charge in [0.05, 0.1) is 92.5 Å². The number of alkyl carbamates (subject to hydrolysis) is 1. The van der Waals surface area contributed by atoms with Crippen molar-refractivity contribution in [1.82, 2.24) is 25.3 Å². The van der Waals surface area contributed by atoms with Crippen molar-refractivity contribution in [2.45, 2.75) is 70.2 Å². The van der Waals surface area contributed by atoms with E-state index in [1.165, 1.54) is 11.6 Å². The fourth-order valence-electron chi connectivity index (χ4n) is 10.4. The van der Waals surface area contributed by atoms with E-state index in [0.717, 1.165) is 64.6 Å². The molecule has 444 valence electrons. The van der Waals surface area contributed by atoms with Crippen LogP contribution in [-0.2, 0) is 68.8 Å². The zero-order chi connectivity index (χ0) is 57.3. The van der Waals surface area contributed by atoms with Crippen molar-refractivity contribution in [3.8, 4) is 11.1 Å². The predicted molar refractivity (Wildman–Crippen MR) is 307 cm³/mol. The first-order valence-electron chi connectivity index (χ1n) is 28.5. The maximum atomic E-state index is 16.1. The minimum atomic E-state index is -0.443. The lowest BCUT2D eigenvalue weighted by Crippen LogP contribution is -2.43. The molecule has 1 aliphatic carbocycles. The molecule has 3 heterocycles. The SMILES string of the molecule is COCCOCCOCCOCCNC(=O)N1CC=C(c2ccc(NC(=O)N3Cc4cccc(-c5cc6c(cc5F)CN(C(=O)Nc5ccc(C7CCC(NC(=O)OCCOCCOCCOCCOC)CC7)cc5)C6)c4C3)cc2)CC1. The standard InChI is InChI=1S/C61H80FN7O13/c1-74-24-26-77-30-32-79-29-28-76-23-20-63-58(70)67-21-18-47(19-22-67)46-8-14-52(15-9-46)65-60(72)69-40-48-4-3-5-54(56(48)43-69)55-38-49-41-68(42-50(49)39-57(55)62)59(71)64-51-12-6-44(7-13-51)45-10-16-53(17-11-45)66-61(73)82-37-36-81-35-34-80-33-31-78-27-25-75-2/h3-9,12-15,18,38-39,45,53H,10-11,16-17,19-37,40-43H2,1-2H3,(H,63,70)(H,64,71)(H,65,72)(H,66,73). The van der Waals surface area contributed by atoms with Gasteiger partial charge in [0.15, 0.2) is 0 Å². The van der Waals surface area contributed by atoms with Gasteiger partial charge in [0.25, 0.3) is 0 Å². The van der Waals surface area contributed by atoms with Crippen LogP contribution < -0.4 is 21.3 Å². The number of hydrogen-bond donors (Lipinski definition) is 4. The lowest BCUT2D eigenvalue weighted by Gasteiger charge is -2.29. The fourth-order valence-corrected chi connectivity index (χ4v) is 10.4. The molecule has 21 heteroatoms. The van der Waals surface area contributed by atoms with Gasteiger partial charge in [-0.25, -0.2) is 23.6 Å². The Morgan fingerprint density at radius 1 is 0.549 bits per heavy atom. The Morgan fingerprint density at radius 3 is 1.67 bits per heavy atom. The third-order valence-corrected chi connectivity index (χ3v) is 14.9. The molecule has 4 aromatic rings. The van der Waals surface area contributed by atoms with E-state index in [4.69, 9.17) is 42.6 Å². The highest BCUT2D eigenvalue weighted by molar-refractivity contribution is 5.91. The predicted octanol–water partition coefficient (Wildman–Crippen LogP) is 8.53. The van der Waals surface area contributed by atoms with Gasteiger partial charge >= 0.3 is 24.2 Å². The molecule has 0 unspecified atom stereocenters. The Hall–Kier alpha value is -6.69. The van der Waals surface area contributed by atoms with Crippen LogP contribution in [0, 0.1) is 5.82 Å². The van der Waals surface area contributed by atoms with Crippen LogP contribution >= 0.6 is 0 Å². The number of methoxy groups -OCH3 is 2. The zero-order valence-electron chi connectivity index (χ0n) is 47.4. The third-order valence-electron chi connectivity index (χ3n) is 14.9. The number of ether oxygens (including phenoxy) is 9. The van der Waals surface area contributed by atoms with Gasteiger partial charge in [-0.05, 0) is 119 Å². The Labute approximate surface area is 480 Å². The number of nitrogens with zero attached hydrogens (tertiary/aromatic N) is 3. The summed E-state index contributed by atoms with van der Waals surface area (Å²) in [6.45, 7) is 9.45. The maximum Gasteiger partial charge on any atom is 0.407 e. The molecule has 4 aliphatic rings. The van der Waals surface area contributed by atoms with Crippen molar-refractivity contribution in [3.05, 3.63) is 124 Å². The molecule has 0 saturated heterocycles. The third kappa shape index (κ3) is 18.7. The van der Waals surface area contributed by atoms with Gasteiger partial charge in [0.1, 0.15) is 12.4 Å². The number of anilines is 2. The van der Waals surface area contributed by atoms with Crippen molar-refractivity contribution in [3.63, 3.8) is 0 Å². The number of benzene rings is 4. The summed E-state index contributed by atoms with van der Waals surface area (Å²) in [5.74, 6) is -0.0464. The van der Waals surface area contributed by atoms with Crippen LogP contribution in [0.15, 0.2) is 84.9 Å². The van der Waals surface area contributed by atoms with Crippen LogP contribution in [0.1, 0.15) is 71.4 Å². The first kappa shape index (κ1) is 61.4. The Bertz CT molecular complexity index is 2710. The number of carbonyl (C=O) groups is 4. The monoisotopic (exact) mass is 1140 g/mol. The lowest BCUT2D eigenvalue weighted by atomic mass is 9.82. The van der Waals surface area contributed by atoms with Crippen LogP contribution in [0.25, 0.3) is 16.7 Å². The van der Waals surface area contributed by atoms with Gasteiger partial charge in [0, 0.05) is 83.0 Å². The first-order chi connectivity index (χ1) is 40.1. The van der Waals surface area contributed by atoms with E-state index < -0.39 is 6.09 Å². The summed E-state index contributed by atoms with van der Waals surface area (Å²) >= 11 is 0. The molecule has 8 rings (SSSR count). The number of rotatable bonds is 30. The second kappa shape index (κ2) is 32.8. The average Bonchev–Trinajstić information content (AvgIpc) is 4.10. The number of urea groups is 3. The molecule has 4 N–H and O–H groups in total. The zero-order valence-corrected chi connectivity index (χ0v) is 47.4. The summed E-state index contributed by atoms with van der Waals surface area (Å²) in [4.78, 5) is 57.6. The molecule has 4 aromatic carbocycles. The number of carbonyl (C=O) groups excluding carboxylic acids is 4. The summed E-state index contributed by atoms with van der Waals surface area (Å²) in [7, 11) is 3.26. The molecule has 0 spiro atoms. The van der Waals surface area contributed by atoms with E-state index in [1.54, 1.807) is 28.9 Å². The van der Waals surface area contributed by atoms with E-state index in [-0.39, 0.29) is 49.7 Å². The Balaban J connectivity index is 0.719. The van der Waals surface area contributed by atoms with Crippen LogP contribution in [0.2, 0.25) is 0 Å². The molecule has 82 heavy (non-hydrogen) atoms. The second-order valence-corrected chi connectivity index (χ2v) is 20.5. The van der Waals surface area contributed by atoms with Gasteiger partial charge in [-0.15, -0.1) is 0 Å². The molecule has 1 fully saturated rings. The molecule has 0 aromatic heterocycles. The smallest absolute Gasteiger partial charge is 0.407 e. The van der Waals surface area contributed by atoms with E-state index in [1.807, 2.05) is 72.8 Å². The molecule has 20 nitrogen and oxygen atoms in total. The molecule has 1 saturated carbocycles. The van der Waals surface area contributed by atoms with Crippen LogP contribution in [0.4, 0.5) is 34.9 Å². The summed E-state index contributed by atoms with van der Waals surface area (Å²) < 4.78 is 63.9. The summed E-state index contributed by atoms with van der Waals surface area (Å²) in [5.41, 5.74) is 9.27. The number of halogens is 1. The largest absolute Gasteiger partial charge is 0.447 e. The van der Waals surface area contributed by atoms with Crippen molar-refractivity contribution in [1.29, 1.82) is 0 Å². The highest BCUT2D eigenvalue weighted by atomic mass is 19.1. The number of amides is 7. The molecular formula is C61H80FN7O13. The Kier molecular flexibility index (Phi) is 24.6.